The molecule has 0 aromatic heterocycles. The van der Waals surface area contributed by atoms with Gasteiger partial charge >= 0.3 is 0 Å². The van der Waals surface area contributed by atoms with Crippen LogP contribution in [0, 0.1) is 0 Å². The van der Waals surface area contributed by atoms with Crippen molar-refractivity contribution < 1.29 is 9.84 Å². The Morgan fingerprint density at radius 2 is 1.93 bits per heavy atom. The van der Waals surface area contributed by atoms with Crippen LogP contribution in [-0.2, 0) is 0 Å². The van der Waals surface area contributed by atoms with E-state index in [4.69, 9.17) is 4.74 Å². The molecule has 0 fully saturated rings. The first-order valence-corrected chi connectivity index (χ1v) is 4.89. The van der Waals surface area contributed by atoms with Crippen molar-refractivity contribution in [2.75, 3.05) is 6.61 Å². The molecule has 0 unspecified atom stereocenters. The fourth-order valence-corrected chi connectivity index (χ4v) is 1.90. The molecule has 0 aliphatic carbocycles. The molecule has 0 radical (unpaired) electrons. The van der Waals surface area contributed by atoms with Crippen LogP contribution in [0.4, 0.5) is 0 Å². The molecule has 0 saturated heterocycles. The quantitative estimate of drug-likeness (QED) is 0.704. The van der Waals surface area contributed by atoms with E-state index in [1.54, 1.807) is 6.08 Å². The van der Waals surface area contributed by atoms with Gasteiger partial charge in [0.15, 0.2) is 0 Å². The standard InChI is InChI=1S/C13H10O2/c14-11-7-10-6-5-9-3-1-2-4-12(9)13(10)15-8-11/h1-7,14H,8H2. The largest absolute Gasteiger partial charge is 0.509 e. The maximum absolute atomic E-state index is 9.36. The van der Waals surface area contributed by atoms with Gasteiger partial charge in [-0.3, -0.25) is 0 Å². The lowest BCUT2D eigenvalue weighted by molar-refractivity contribution is 0.269. The Kier molecular flexibility index (Phi) is 1.68. The average Bonchev–Trinajstić information content (AvgIpc) is 2.28. The van der Waals surface area contributed by atoms with Crippen LogP contribution in [0.3, 0.4) is 0 Å². The average molecular weight is 198 g/mol. The van der Waals surface area contributed by atoms with E-state index < -0.39 is 0 Å². The van der Waals surface area contributed by atoms with Gasteiger partial charge in [-0.1, -0.05) is 36.4 Å². The van der Waals surface area contributed by atoms with Crippen molar-refractivity contribution in [1.29, 1.82) is 0 Å². The SMILES string of the molecule is OC1=Cc2ccc3ccccc3c2OC1. The van der Waals surface area contributed by atoms with Crippen molar-refractivity contribution in [2.24, 2.45) is 0 Å². The molecule has 0 spiro atoms. The predicted molar refractivity (Wildman–Crippen MR) is 60.0 cm³/mol. The minimum Gasteiger partial charge on any atom is -0.509 e. The van der Waals surface area contributed by atoms with Crippen molar-refractivity contribution >= 4 is 16.8 Å². The molecule has 1 heterocycles. The summed E-state index contributed by atoms with van der Waals surface area (Å²) in [6.45, 7) is 0.265. The van der Waals surface area contributed by atoms with Crippen molar-refractivity contribution in [3.05, 3.63) is 47.7 Å². The van der Waals surface area contributed by atoms with E-state index in [2.05, 4.69) is 6.07 Å². The molecule has 1 aliphatic heterocycles. The van der Waals surface area contributed by atoms with Gasteiger partial charge in [-0.2, -0.15) is 0 Å². The summed E-state index contributed by atoms with van der Waals surface area (Å²) in [4.78, 5) is 0. The van der Waals surface area contributed by atoms with Crippen LogP contribution >= 0.6 is 0 Å². The number of ether oxygens (including phenoxy) is 1. The van der Waals surface area contributed by atoms with E-state index in [9.17, 15) is 5.11 Å². The maximum Gasteiger partial charge on any atom is 0.145 e. The fourth-order valence-electron chi connectivity index (χ4n) is 1.90. The lowest BCUT2D eigenvalue weighted by atomic mass is 10.0. The van der Waals surface area contributed by atoms with Crippen molar-refractivity contribution in [1.82, 2.24) is 0 Å². The molecule has 2 nitrogen and oxygen atoms in total. The van der Waals surface area contributed by atoms with Gasteiger partial charge in [0.05, 0.1) is 0 Å². The molecule has 0 bridgehead atoms. The van der Waals surface area contributed by atoms with Crippen molar-refractivity contribution in [3.63, 3.8) is 0 Å². The number of aliphatic hydroxyl groups excluding tert-OH is 1. The topological polar surface area (TPSA) is 29.5 Å². The molecule has 1 aliphatic rings. The van der Waals surface area contributed by atoms with Gasteiger partial charge in [0.2, 0.25) is 0 Å². The van der Waals surface area contributed by atoms with Gasteiger partial charge in [0.25, 0.3) is 0 Å². The second-order valence-electron chi connectivity index (χ2n) is 3.63. The summed E-state index contributed by atoms with van der Waals surface area (Å²) in [5.41, 5.74) is 0.942. The third-order valence-corrected chi connectivity index (χ3v) is 2.60. The summed E-state index contributed by atoms with van der Waals surface area (Å²) < 4.78 is 5.53. The van der Waals surface area contributed by atoms with E-state index in [0.717, 1.165) is 22.1 Å². The van der Waals surface area contributed by atoms with Crippen LogP contribution < -0.4 is 4.74 Å². The van der Waals surface area contributed by atoms with Crippen LogP contribution in [0.5, 0.6) is 5.75 Å². The zero-order valence-electron chi connectivity index (χ0n) is 8.10. The van der Waals surface area contributed by atoms with Gasteiger partial charge < -0.3 is 9.84 Å². The highest BCUT2D eigenvalue weighted by atomic mass is 16.5. The van der Waals surface area contributed by atoms with Crippen LogP contribution in [0.15, 0.2) is 42.2 Å². The van der Waals surface area contributed by atoms with E-state index in [1.165, 1.54) is 0 Å². The van der Waals surface area contributed by atoms with E-state index in [-0.39, 0.29) is 12.4 Å². The monoisotopic (exact) mass is 198 g/mol. The molecule has 15 heavy (non-hydrogen) atoms. The summed E-state index contributed by atoms with van der Waals surface area (Å²) >= 11 is 0. The van der Waals surface area contributed by atoms with Crippen LogP contribution in [0.1, 0.15) is 5.56 Å². The summed E-state index contributed by atoms with van der Waals surface area (Å²) in [6.07, 6.45) is 1.76. The number of hydrogen-bond donors (Lipinski definition) is 1. The minimum atomic E-state index is 0.265. The first-order valence-electron chi connectivity index (χ1n) is 4.89. The number of aliphatic hydroxyl groups is 1. The lowest BCUT2D eigenvalue weighted by Crippen LogP contribution is -2.06. The Balaban J connectivity index is 2.35. The normalized spacial score (nSPS) is 14.3. The zero-order valence-corrected chi connectivity index (χ0v) is 8.10. The van der Waals surface area contributed by atoms with Gasteiger partial charge in [0, 0.05) is 10.9 Å². The Labute approximate surface area is 87.4 Å². The van der Waals surface area contributed by atoms with Gasteiger partial charge in [-0.05, 0) is 11.5 Å². The first-order chi connectivity index (χ1) is 7.34. The third kappa shape index (κ3) is 1.26. The molecule has 2 aromatic carbocycles. The molecule has 1 N–H and O–H groups in total. The predicted octanol–water partition coefficient (Wildman–Crippen LogP) is 3.13. The second-order valence-corrected chi connectivity index (χ2v) is 3.63. The molecule has 3 rings (SSSR count). The van der Waals surface area contributed by atoms with Crippen molar-refractivity contribution in [2.45, 2.75) is 0 Å². The smallest absolute Gasteiger partial charge is 0.145 e. The van der Waals surface area contributed by atoms with E-state index in [1.807, 2.05) is 30.3 Å². The molecule has 74 valence electrons. The first kappa shape index (κ1) is 8.36. The summed E-state index contributed by atoms with van der Waals surface area (Å²) in [6, 6.07) is 12.1. The minimum absolute atomic E-state index is 0.265. The van der Waals surface area contributed by atoms with Crippen LogP contribution in [0.2, 0.25) is 0 Å². The fraction of sp³-hybridized carbons (Fsp3) is 0.0769. The molecule has 0 amide bonds. The molecular formula is C13H10O2. The molecule has 0 atom stereocenters. The van der Waals surface area contributed by atoms with Gasteiger partial charge in [-0.15, -0.1) is 0 Å². The molecule has 2 heteroatoms. The van der Waals surface area contributed by atoms with Gasteiger partial charge in [0.1, 0.15) is 18.1 Å². The Morgan fingerprint density at radius 3 is 2.87 bits per heavy atom. The van der Waals surface area contributed by atoms with Gasteiger partial charge in [-0.25, -0.2) is 0 Å². The van der Waals surface area contributed by atoms with Crippen molar-refractivity contribution in [3.8, 4) is 5.75 Å². The summed E-state index contributed by atoms with van der Waals surface area (Å²) in [7, 11) is 0. The van der Waals surface area contributed by atoms with Crippen LogP contribution in [0.25, 0.3) is 16.8 Å². The second kappa shape index (κ2) is 3.02. The third-order valence-electron chi connectivity index (χ3n) is 2.60. The highest BCUT2D eigenvalue weighted by molar-refractivity contribution is 5.92. The number of rotatable bonds is 0. The Morgan fingerprint density at radius 1 is 1.07 bits per heavy atom. The molecule has 2 aromatic rings. The van der Waals surface area contributed by atoms with Crippen LogP contribution in [-0.4, -0.2) is 11.7 Å². The summed E-state index contributed by atoms with van der Waals surface area (Å²) in [5.74, 6) is 1.14. The summed E-state index contributed by atoms with van der Waals surface area (Å²) in [5, 5.41) is 11.6. The maximum atomic E-state index is 9.36. The number of fused-ring (bicyclic) bond motifs is 3. The molecule has 0 saturated carbocycles. The van der Waals surface area contributed by atoms with E-state index in [0.29, 0.717) is 0 Å². The lowest BCUT2D eigenvalue weighted by Gasteiger charge is -2.16. The molecular weight excluding hydrogens is 188 g/mol. The Hall–Kier alpha value is -1.96. The number of benzene rings is 2. The Bertz CT molecular complexity index is 555. The number of hydrogen-bond acceptors (Lipinski definition) is 2. The van der Waals surface area contributed by atoms with E-state index >= 15 is 0 Å². The highest BCUT2D eigenvalue weighted by Crippen LogP contribution is 2.33. The highest BCUT2D eigenvalue weighted by Gasteiger charge is 2.12. The zero-order chi connectivity index (χ0) is 10.3.